The fourth-order valence-electron chi connectivity index (χ4n) is 8.52. The minimum absolute atomic E-state index is 0.0524. The molecule has 3 fully saturated rings. The smallest absolute Gasteiger partial charge is 0.342 e. The van der Waals surface area contributed by atoms with Gasteiger partial charge in [-0.25, -0.2) is 9.37 Å². The Balaban J connectivity index is 0.867. The van der Waals surface area contributed by atoms with Gasteiger partial charge in [-0.05, 0) is 101 Å². The number of benzene rings is 2. The lowest BCUT2D eigenvalue weighted by atomic mass is 9.84. The first kappa shape index (κ1) is 41.7. The minimum atomic E-state index is -3.60. The third-order valence-electron chi connectivity index (χ3n) is 12.1. The summed E-state index contributed by atoms with van der Waals surface area (Å²) >= 11 is 0. The molecule has 17 heteroatoms. The number of nitrogens with zero attached hydrogens (tertiary/aromatic N) is 6. The lowest BCUT2D eigenvalue weighted by Crippen LogP contribution is -2.47. The van der Waals surface area contributed by atoms with Crippen molar-refractivity contribution in [2.45, 2.75) is 82.7 Å². The fourth-order valence-corrected chi connectivity index (χ4v) is 8.52. The summed E-state index contributed by atoms with van der Waals surface area (Å²) in [6.07, 6.45) is 6.82. The van der Waals surface area contributed by atoms with Crippen LogP contribution >= 0.6 is 0 Å². The molecule has 3 aliphatic heterocycles. The number of hydrogen-bond acceptors (Lipinski definition) is 11. The number of carbonyl (C=O) groups is 4. The number of ether oxygens (including phenoxy) is 1. The van der Waals surface area contributed by atoms with Gasteiger partial charge in [0, 0.05) is 57.3 Å². The van der Waals surface area contributed by atoms with Crippen LogP contribution in [0.15, 0.2) is 42.6 Å². The number of methoxy groups -OCH3 is 1. The largest absolute Gasteiger partial charge is 0.495 e. The molecule has 59 heavy (non-hydrogen) atoms. The summed E-state index contributed by atoms with van der Waals surface area (Å²) in [6.45, 7) is 6.72. The highest BCUT2D eigenvalue weighted by Crippen LogP contribution is 2.38. The number of alkyl halides is 2. The molecule has 3 aromatic rings. The first-order valence-corrected chi connectivity index (χ1v) is 20.4. The van der Waals surface area contributed by atoms with E-state index in [1.54, 1.807) is 44.2 Å². The number of rotatable bonds is 11. The third-order valence-corrected chi connectivity index (χ3v) is 12.1. The van der Waals surface area contributed by atoms with Gasteiger partial charge in [0.2, 0.25) is 17.8 Å². The van der Waals surface area contributed by atoms with Crippen LogP contribution in [0.2, 0.25) is 0 Å². The molecule has 14 nitrogen and oxygen atoms in total. The average molecular weight is 820 g/mol. The van der Waals surface area contributed by atoms with E-state index in [4.69, 9.17) is 4.74 Å². The normalized spacial score (nSPS) is 22.5. The second kappa shape index (κ2) is 17.4. The van der Waals surface area contributed by atoms with Crippen LogP contribution in [0.4, 0.5) is 42.0 Å². The second-order valence-electron chi connectivity index (χ2n) is 16.3. The number of anilines is 5. The Morgan fingerprint density at radius 3 is 2.42 bits per heavy atom. The molecule has 0 spiro atoms. The van der Waals surface area contributed by atoms with Gasteiger partial charge in [0.25, 0.3) is 11.8 Å². The Morgan fingerprint density at radius 1 is 1.00 bits per heavy atom. The zero-order valence-electron chi connectivity index (χ0n) is 33.9. The van der Waals surface area contributed by atoms with Crippen LogP contribution in [0.1, 0.15) is 80.6 Å². The third kappa shape index (κ3) is 9.24. The molecule has 0 bridgehead atoms. The molecule has 7 rings (SSSR count). The lowest BCUT2D eigenvalue weighted by Gasteiger charge is -2.37. The van der Waals surface area contributed by atoms with E-state index in [-0.39, 0.29) is 59.5 Å². The van der Waals surface area contributed by atoms with E-state index in [1.165, 1.54) is 31.3 Å². The number of hydrogen-bond donors (Lipinski definition) is 3. The van der Waals surface area contributed by atoms with Crippen LogP contribution in [-0.2, 0) is 14.4 Å². The monoisotopic (exact) mass is 819 g/mol. The Kier molecular flexibility index (Phi) is 12.3. The number of imide groups is 1. The van der Waals surface area contributed by atoms with Gasteiger partial charge in [-0.1, -0.05) is 6.07 Å². The highest BCUT2D eigenvalue weighted by molar-refractivity contribution is 6.02. The van der Waals surface area contributed by atoms with Crippen molar-refractivity contribution in [3.8, 4) is 5.75 Å². The predicted octanol–water partition coefficient (Wildman–Crippen LogP) is 5.22. The quantitative estimate of drug-likeness (QED) is 0.219. The van der Waals surface area contributed by atoms with E-state index in [1.807, 2.05) is 0 Å². The SMILES string of the molecule is COc1cc(C(=O)NC2CCC(CCN3CCN(c4ccc(C5CCC(=O)NC5=O)cc4F)CC3)CC2)ccc1Nc1ncc2c(n1)N(C(C)C)CC(F)(F)C(=O)N2C. The van der Waals surface area contributed by atoms with Gasteiger partial charge in [-0.15, -0.1) is 0 Å². The Morgan fingerprint density at radius 2 is 1.75 bits per heavy atom. The van der Waals surface area contributed by atoms with Gasteiger partial charge in [0.15, 0.2) is 5.82 Å². The summed E-state index contributed by atoms with van der Waals surface area (Å²) < 4.78 is 50.3. The Labute approximate surface area is 341 Å². The maximum absolute atomic E-state index is 15.2. The highest BCUT2D eigenvalue weighted by Gasteiger charge is 2.47. The van der Waals surface area contributed by atoms with Gasteiger partial charge in [0.05, 0.1) is 37.1 Å². The number of aromatic nitrogens is 2. The number of halogens is 3. The fraction of sp³-hybridized carbons (Fsp3) is 0.524. The number of amides is 4. The summed E-state index contributed by atoms with van der Waals surface area (Å²) in [7, 11) is 2.76. The van der Waals surface area contributed by atoms with E-state index in [0.29, 0.717) is 53.7 Å². The van der Waals surface area contributed by atoms with E-state index in [2.05, 4.69) is 35.7 Å². The maximum Gasteiger partial charge on any atom is 0.342 e. The topological polar surface area (TPSA) is 152 Å². The summed E-state index contributed by atoms with van der Waals surface area (Å²) in [6, 6.07) is 9.64. The number of nitrogens with one attached hydrogen (secondary N) is 3. The van der Waals surface area contributed by atoms with Crippen molar-refractivity contribution >= 4 is 52.5 Å². The molecule has 1 atom stereocenters. The molecule has 1 aliphatic carbocycles. The van der Waals surface area contributed by atoms with Gasteiger partial charge >= 0.3 is 5.92 Å². The molecule has 1 unspecified atom stereocenters. The minimum Gasteiger partial charge on any atom is -0.495 e. The van der Waals surface area contributed by atoms with Crippen LogP contribution in [-0.4, -0.2) is 110 Å². The Hall–Kier alpha value is -5.45. The molecule has 2 aromatic carbocycles. The summed E-state index contributed by atoms with van der Waals surface area (Å²) in [4.78, 5) is 65.1. The van der Waals surface area contributed by atoms with Crippen molar-refractivity contribution in [3.05, 3.63) is 59.5 Å². The second-order valence-corrected chi connectivity index (χ2v) is 16.3. The van der Waals surface area contributed by atoms with E-state index in [9.17, 15) is 28.0 Å². The molecule has 3 N–H and O–H groups in total. The molecular weight excluding hydrogens is 768 g/mol. The predicted molar refractivity (Wildman–Crippen MR) is 217 cm³/mol. The number of carbonyl (C=O) groups excluding carboxylic acids is 4. The van der Waals surface area contributed by atoms with Gasteiger partial charge < -0.3 is 30.1 Å². The summed E-state index contributed by atoms with van der Waals surface area (Å²) in [5.74, 6) is -5.42. The van der Waals surface area contributed by atoms with Crippen molar-refractivity contribution in [1.29, 1.82) is 0 Å². The standard InChI is InChI=1S/C42H52F3N9O5/c1-25(2)54-24-42(44,45)40(58)51(3)34-23-46-41(50-37(34)54)48-32-12-7-28(22-35(32)59-4)38(56)47-29-9-5-26(6-10-29)15-16-52-17-19-53(20-18-52)33-13-8-27(21-31(33)43)30-11-14-36(55)49-39(30)57/h7-8,12-13,21-23,25-26,29-30H,5-6,9-11,14-20,24H2,1-4H3,(H,47,56)(H,46,48,50)(H,49,55,57). The van der Waals surface area contributed by atoms with Crippen molar-refractivity contribution in [2.24, 2.45) is 5.92 Å². The van der Waals surface area contributed by atoms with Crippen LogP contribution in [0.3, 0.4) is 0 Å². The number of piperidine rings is 1. The average Bonchev–Trinajstić information content (AvgIpc) is 3.29. The highest BCUT2D eigenvalue weighted by atomic mass is 19.3. The lowest BCUT2D eigenvalue weighted by molar-refractivity contribution is -0.140. The maximum atomic E-state index is 15.2. The molecular formula is C42H52F3N9O5. The van der Waals surface area contributed by atoms with Crippen LogP contribution in [0.25, 0.3) is 0 Å². The molecule has 1 saturated carbocycles. The first-order valence-electron chi connectivity index (χ1n) is 20.4. The van der Waals surface area contributed by atoms with E-state index < -0.39 is 24.3 Å². The molecule has 316 valence electrons. The van der Waals surface area contributed by atoms with Crippen molar-refractivity contribution in [3.63, 3.8) is 0 Å². The van der Waals surface area contributed by atoms with Crippen molar-refractivity contribution in [2.75, 3.05) is 73.4 Å². The molecule has 4 heterocycles. The van der Waals surface area contributed by atoms with Crippen LogP contribution in [0, 0.1) is 11.7 Å². The molecule has 4 aliphatic rings. The zero-order chi connectivity index (χ0) is 42.0. The van der Waals surface area contributed by atoms with Gasteiger partial charge in [-0.3, -0.25) is 29.4 Å². The summed E-state index contributed by atoms with van der Waals surface area (Å²) in [5.41, 5.74) is 2.19. The number of piperazine rings is 1. The van der Waals surface area contributed by atoms with Gasteiger partial charge in [-0.2, -0.15) is 13.8 Å². The number of fused-ring (bicyclic) bond motifs is 1. The van der Waals surface area contributed by atoms with Gasteiger partial charge in [0.1, 0.15) is 17.3 Å². The van der Waals surface area contributed by atoms with E-state index in [0.717, 1.165) is 56.6 Å². The van der Waals surface area contributed by atoms with Crippen molar-refractivity contribution < 1.29 is 37.1 Å². The van der Waals surface area contributed by atoms with Crippen LogP contribution in [0.5, 0.6) is 5.75 Å². The zero-order valence-corrected chi connectivity index (χ0v) is 33.9. The van der Waals surface area contributed by atoms with Crippen molar-refractivity contribution in [1.82, 2.24) is 25.5 Å². The molecule has 2 saturated heterocycles. The molecule has 1 aromatic heterocycles. The van der Waals surface area contributed by atoms with Crippen LogP contribution < -0.4 is 35.4 Å². The van der Waals surface area contributed by atoms with E-state index >= 15 is 4.39 Å². The Bertz CT molecular complexity index is 2070. The molecule has 4 amide bonds. The first-order chi connectivity index (χ1) is 28.2. The summed E-state index contributed by atoms with van der Waals surface area (Å²) in [5, 5.41) is 8.60. The molecule has 0 radical (unpaired) electrons.